The first-order chi connectivity index (χ1) is 10.6. The van der Waals surface area contributed by atoms with Crippen LogP contribution in [0.15, 0.2) is 30.2 Å². The van der Waals surface area contributed by atoms with Gasteiger partial charge in [0.05, 0.1) is 19.2 Å². The number of methoxy groups -OCH3 is 1. The first-order valence-corrected chi connectivity index (χ1v) is 7.44. The molecule has 1 aliphatic carbocycles. The summed E-state index contributed by atoms with van der Waals surface area (Å²) in [6.45, 7) is 0. The van der Waals surface area contributed by atoms with E-state index in [1.54, 1.807) is 31.8 Å². The Kier molecular flexibility index (Phi) is 3.83. The van der Waals surface area contributed by atoms with Crippen molar-refractivity contribution in [3.05, 3.63) is 30.2 Å². The van der Waals surface area contributed by atoms with Crippen molar-refractivity contribution in [2.45, 2.75) is 31.7 Å². The van der Waals surface area contributed by atoms with Gasteiger partial charge in [-0.3, -0.25) is 14.6 Å². The minimum Gasteiger partial charge on any atom is -0.494 e. The van der Waals surface area contributed by atoms with Crippen molar-refractivity contribution < 1.29 is 14.3 Å². The summed E-state index contributed by atoms with van der Waals surface area (Å²) >= 11 is 0. The number of aromatic nitrogens is 1. The molecule has 1 fully saturated rings. The Bertz CT molecular complexity index is 641. The van der Waals surface area contributed by atoms with Crippen LogP contribution in [0.4, 0.5) is 5.69 Å². The molecule has 0 saturated heterocycles. The number of ketones is 1. The van der Waals surface area contributed by atoms with Gasteiger partial charge in [-0.1, -0.05) is 6.42 Å². The quantitative estimate of drug-likeness (QED) is 0.912. The van der Waals surface area contributed by atoms with Crippen LogP contribution >= 0.6 is 0 Å². The fraction of sp³-hybridized carbons (Fsp3) is 0.438. The van der Waals surface area contributed by atoms with E-state index in [9.17, 15) is 9.59 Å². The summed E-state index contributed by atoms with van der Waals surface area (Å²) in [7, 11) is 1.59. The first-order valence-electron chi connectivity index (χ1n) is 7.44. The van der Waals surface area contributed by atoms with E-state index in [1.165, 1.54) is 0 Å². The summed E-state index contributed by atoms with van der Waals surface area (Å²) in [5, 5.41) is 0. The summed E-state index contributed by atoms with van der Waals surface area (Å²) in [6, 6.07) is 1.68. The molecule has 2 N–H and O–H groups in total. The summed E-state index contributed by atoms with van der Waals surface area (Å²) in [5.74, 6) is -0.217. The fourth-order valence-corrected chi connectivity index (χ4v) is 3.40. The summed E-state index contributed by atoms with van der Waals surface area (Å²) in [6.07, 6.45) is 8.17. The van der Waals surface area contributed by atoms with Crippen molar-refractivity contribution in [1.29, 1.82) is 0 Å². The number of pyridine rings is 1. The first kappa shape index (κ1) is 14.6. The van der Waals surface area contributed by atoms with Crippen LogP contribution < -0.4 is 15.4 Å². The number of primary amides is 1. The zero-order valence-electron chi connectivity index (χ0n) is 12.5. The molecule has 2 aliphatic rings. The molecule has 22 heavy (non-hydrogen) atoms. The number of amides is 1. The summed E-state index contributed by atoms with van der Waals surface area (Å²) in [5.41, 5.74) is 6.64. The van der Waals surface area contributed by atoms with Gasteiger partial charge in [-0.25, -0.2) is 0 Å². The van der Waals surface area contributed by atoms with Gasteiger partial charge in [0, 0.05) is 36.5 Å². The van der Waals surface area contributed by atoms with E-state index in [0.717, 1.165) is 24.9 Å². The number of carbonyl (C=O) groups excluding carboxylic acids is 2. The molecule has 6 nitrogen and oxygen atoms in total. The maximum absolute atomic E-state index is 12.4. The number of fused-ring (bicyclic) bond motifs is 1. The van der Waals surface area contributed by atoms with Crippen LogP contribution in [-0.4, -0.2) is 29.8 Å². The Morgan fingerprint density at radius 2 is 2.27 bits per heavy atom. The van der Waals surface area contributed by atoms with Crippen LogP contribution in [0.5, 0.6) is 5.75 Å². The maximum atomic E-state index is 12.4. The molecule has 1 aliphatic heterocycles. The highest BCUT2D eigenvalue weighted by molar-refractivity contribution is 6.02. The van der Waals surface area contributed by atoms with E-state index in [4.69, 9.17) is 10.5 Å². The average Bonchev–Trinajstić information content (AvgIpc) is 2.81. The summed E-state index contributed by atoms with van der Waals surface area (Å²) < 4.78 is 5.38. The highest BCUT2D eigenvalue weighted by atomic mass is 16.5. The number of nitrogens with zero attached hydrogens (tertiary/aromatic N) is 2. The number of Topliss-reactive ketones (excluding diaryl/α,β-unsaturated/α-hetero) is 1. The van der Waals surface area contributed by atoms with Gasteiger partial charge in [0.1, 0.15) is 17.2 Å². The predicted molar refractivity (Wildman–Crippen MR) is 81.3 cm³/mol. The number of hydrogen-bond acceptors (Lipinski definition) is 5. The lowest BCUT2D eigenvalue weighted by molar-refractivity contribution is -0.124. The number of nitrogens with two attached hydrogens (primary N) is 1. The molecule has 2 atom stereocenters. The number of ether oxygens (including phenoxy) is 1. The van der Waals surface area contributed by atoms with E-state index in [-0.39, 0.29) is 11.8 Å². The maximum Gasteiger partial charge on any atom is 0.246 e. The Balaban J connectivity index is 2.07. The third-order valence-corrected chi connectivity index (χ3v) is 4.42. The minimum atomic E-state index is -0.532. The second kappa shape index (κ2) is 5.79. The molecule has 6 heteroatoms. The predicted octanol–water partition coefficient (Wildman–Crippen LogP) is 1.41. The van der Waals surface area contributed by atoms with Gasteiger partial charge in [-0.05, 0) is 12.8 Å². The highest BCUT2D eigenvalue weighted by Crippen LogP contribution is 2.41. The minimum absolute atomic E-state index is 0.0874. The van der Waals surface area contributed by atoms with Gasteiger partial charge in [-0.2, -0.15) is 0 Å². The molecule has 2 unspecified atom stereocenters. The van der Waals surface area contributed by atoms with Gasteiger partial charge in [-0.15, -0.1) is 0 Å². The molecule has 0 aromatic carbocycles. The van der Waals surface area contributed by atoms with Crippen molar-refractivity contribution >= 4 is 17.4 Å². The Labute approximate surface area is 129 Å². The van der Waals surface area contributed by atoms with Crippen LogP contribution in [0.3, 0.4) is 0 Å². The Morgan fingerprint density at radius 1 is 1.45 bits per heavy atom. The molecular formula is C16H19N3O3. The van der Waals surface area contributed by atoms with E-state index >= 15 is 0 Å². The zero-order valence-corrected chi connectivity index (χ0v) is 12.5. The second-order valence-corrected chi connectivity index (χ2v) is 5.66. The second-order valence-electron chi connectivity index (χ2n) is 5.66. The van der Waals surface area contributed by atoms with Crippen molar-refractivity contribution in [3.8, 4) is 5.75 Å². The summed E-state index contributed by atoms with van der Waals surface area (Å²) in [4.78, 5) is 30.3. The normalized spacial score (nSPS) is 24.5. The number of anilines is 1. The van der Waals surface area contributed by atoms with E-state index < -0.39 is 11.8 Å². The highest BCUT2D eigenvalue weighted by Gasteiger charge is 2.43. The molecule has 3 rings (SSSR count). The van der Waals surface area contributed by atoms with E-state index in [2.05, 4.69) is 4.98 Å². The van der Waals surface area contributed by atoms with Gasteiger partial charge in [0.25, 0.3) is 0 Å². The zero-order chi connectivity index (χ0) is 15.7. The van der Waals surface area contributed by atoms with Crippen LogP contribution in [0, 0.1) is 5.92 Å². The third-order valence-electron chi connectivity index (χ3n) is 4.42. The Morgan fingerprint density at radius 3 is 3.00 bits per heavy atom. The van der Waals surface area contributed by atoms with E-state index in [0.29, 0.717) is 17.7 Å². The lowest BCUT2D eigenvalue weighted by Crippen LogP contribution is -2.36. The molecule has 2 heterocycles. The third kappa shape index (κ3) is 2.34. The molecular weight excluding hydrogens is 282 g/mol. The van der Waals surface area contributed by atoms with Crippen LogP contribution in [0.2, 0.25) is 0 Å². The van der Waals surface area contributed by atoms with Gasteiger partial charge in [0.2, 0.25) is 5.91 Å². The number of carbonyl (C=O) groups is 2. The Hall–Kier alpha value is -2.37. The standard InChI is InChI=1S/C16H19N3O3/c1-22-14-6-7-18-8-12(14)19-9-10(16(17)21)15-11(19)4-2-3-5-13(15)20/h6-9,11,15H,2-5H2,1H3,(H2,17,21). The van der Waals surface area contributed by atoms with Crippen LogP contribution in [-0.2, 0) is 9.59 Å². The van der Waals surface area contributed by atoms with Crippen molar-refractivity contribution in [2.75, 3.05) is 12.0 Å². The van der Waals surface area contributed by atoms with Crippen molar-refractivity contribution in [3.63, 3.8) is 0 Å². The molecule has 1 amide bonds. The van der Waals surface area contributed by atoms with E-state index in [1.807, 2.05) is 4.90 Å². The molecule has 1 saturated carbocycles. The van der Waals surface area contributed by atoms with Gasteiger partial charge in [0.15, 0.2) is 0 Å². The molecule has 0 bridgehead atoms. The lowest BCUT2D eigenvalue weighted by Gasteiger charge is -2.28. The number of hydrogen-bond donors (Lipinski definition) is 1. The van der Waals surface area contributed by atoms with Gasteiger partial charge >= 0.3 is 0 Å². The number of rotatable bonds is 3. The monoisotopic (exact) mass is 301 g/mol. The molecule has 1 aromatic heterocycles. The molecule has 0 radical (unpaired) electrons. The smallest absolute Gasteiger partial charge is 0.246 e. The van der Waals surface area contributed by atoms with Crippen molar-refractivity contribution in [1.82, 2.24) is 4.98 Å². The molecule has 0 spiro atoms. The van der Waals surface area contributed by atoms with Crippen LogP contribution in [0.1, 0.15) is 25.7 Å². The topological polar surface area (TPSA) is 85.5 Å². The molecule has 116 valence electrons. The van der Waals surface area contributed by atoms with Crippen molar-refractivity contribution in [2.24, 2.45) is 11.7 Å². The van der Waals surface area contributed by atoms with Crippen LogP contribution in [0.25, 0.3) is 0 Å². The SMILES string of the molecule is COc1ccncc1N1C=C(C(N)=O)C2C(=O)CCCCC21. The van der Waals surface area contributed by atoms with Gasteiger partial charge < -0.3 is 15.4 Å². The lowest BCUT2D eigenvalue weighted by atomic mass is 9.89. The molecule has 1 aromatic rings. The average molecular weight is 301 g/mol. The fourth-order valence-electron chi connectivity index (χ4n) is 3.40. The largest absolute Gasteiger partial charge is 0.494 e.